The Kier molecular flexibility index (Phi) is 3.70. The number of nitrogens with zero attached hydrogens (tertiary/aromatic N) is 2. The van der Waals surface area contributed by atoms with Gasteiger partial charge in [0.15, 0.2) is 0 Å². The van der Waals surface area contributed by atoms with Gasteiger partial charge in [-0.15, -0.1) is 0 Å². The maximum absolute atomic E-state index is 10.6. The van der Waals surface area contributed by atoms with Crippen LogP contribution in [0.3, 0.4) is 0 Å². The SMILES string of the molecule is CC(C)(C)c1ccccc1Oc1ccc([N+](=O)[O-])cn1. The van der Waals surface area contributed by atoms with Gasteiger partial charge in [0.25, 0.3) is 5.69 Å². The van der Waals surface area contributed by atoms with Crippen LogP contribution in [0.1, 0.15) is 26.3 Å². The molecule has 1 aromatic heterocycles. The zero-order valence-electron chi connectivity index (χ0n) is 11.7. The number of nitro groups is 1. The van der Waals surface area contributed by atoms with E-state index in [1.165, 1.54) is 18.3 Å². The lowest BCUT2D eigenvalue weighted by Gasteiger charge is -2.22. The summed E-state index contributed by atoms with van der Waals surface area (Å²) in [7, 11) is 0. The van der Waals surface area contributed by atoms with Crippen molar-refractivity contribution in [3.63, 3.8) is 0 Å². The van der Waals surface area contributed by atoms with Crippen molar-refractivity contribution >= 4 is 5.69 Å². The Balaban J connectivity index is 2.28. The van der Waals surface area contributed by atoms with Gasteiger partial charge in [-0.05, 0) is 11.5 Å². The molecule has 0 amide bonds. The van der Waals surface area contributed by atoms with E-state index >= 15 is 0 Å². The molecule has 0 aliphatic carbocycles. The lowest BCUT2D eigenvalue weighted by Crippen LogP contribution is -2.12. The molecule has 0 aliphatic rings. The molecule has 5 nitrogen and oxygen atoms in total. The Morgan fingerprint density at radius 3 is 2.40 bits per heavy atom. The van der Waals surface area contributed by atoms with Crippen LogP contribution in [0.4, 0.5) is 5.69 Å². The molecule has 0 N–H and O–H groups in total. The van der Waals surface area contributed by atoms with Gasteiger partial charge in [0.2, 0.25) is 5.88 Å². The Hall–Kier alpha value is -2.43. The van der Waals surface area contributed by atoms with Crippen LogP contribution in [0, 0.1) is 10.1 Å². The van der Waals surface area contributed by atoms with Crippen LogP contribution in [0.2, 0.25) is 0 Å². The zero-order chi connectivity index (χ0) is 14.8. The van der Waals surface area contributed by atoms with Gasteiger partial charge in [0.05, 0.1) is 4.92 Å². The first-order valence-electron chi connectivity index (χ1n) is 6.26. The molecule has 0 atom stereocenters. The number of aromatic nitrogens is 1. The van der Waals surface area contributed by atoms with Crippen molar-refractivity contribution in [2.24, 2.45) is 0 Å². The summed E-state index contributed by atoms with van der Waals surface area (Å²) >= 11 is 0. The standard InChI is InChI=1S/C15H16N2O3/c1-15(2,3)12-6-4-5-7-13(12)20-14-9-8-11(10-16-14)17(18)19/h4-10H,1-3H3. The second-order valence-electron chi connectivity index (χ2n) is 5.46. The molecule has 0 spiro atoms. The van der Waals surface area contributed by atoms with Gasteiger partial charge in [-0.3, -0.25) is 10.1 Å². The van der Waals surface area contributed by atoms with E-state index in [1.807, 2.05) is 24.3 Å². The van der Waals surface area contributed by atoms with E-state index in [-0.39, 0.29) is 11.1 Å². The van der Waals surface area contributed by atoms with E-state index in [9.17, 15) is 10.1 Å². The molecule has 0 saturated carbocycles. The highest BCUT2D eigenvalue weighted by Crippen LogP contribution is 2.33. The van der Waals surface area contributed by atoms with Crippen LogP contribution in [0.5, 0.6) is 11.6 Å². The summed E-state index contributed by atoms with van der Waals surface area (Å²) in [6.45, 7) is 6.29. The predicted molar refractivity (Wildman–Crippen MR) is 76.1 cm³/mol. The Morgan fingerprint density at radius 1 is 1.15 bits per heavy atom. The molecule has 20 heavy (non-hydrogen) atoms. The fourth-order valence-electron chi connectivity index (χ4n) is 1.83. The van der Waals surface area contributed by atoms with Crippen LogP contribution >= 0.6 is 0 Å². The number of ether oxygens (including phenoxy) is 1. The van der Waals surface area contributed by atoms with Crippen LogP contribution in [-0.2, 0) is 5.41 Å². The fourth-order valence-corrected chi connectivity index (χ4v) is 1.83. The fraction of sp³-hybridized carbons (Fsp3) is 0.267. The third-order valence-electron chi connectivity index (χ3n) is 2.84. The average Bonchev–Trinajstić information content (AvgIpc) is 2.38. The van der Waals surface area contributed by atoms with E-state index < -0.39 is 4.92 Å². The molecular formula is C15H16N2O3. The smallest absolute Gasteiger partial charge is 0.287 e. The molecule has 2 rings (SSSR count). The van der Waals surface area contributed by atoms with E-state index in [0.717, 1.165) is 5.56 Å². The Labute approximate surface area is 117 Å². The van der Waals surface area contributed by atoms with Gasteiger partial charge in [-0.2, -0.15) is 0 Å². The third-order valence-corrected chi connectivity index (χ3v) is 2.84. The lowest BCUT2D eigenvalue weighted by molar-refractivity contribution is -0.385. The van der Waals surface area contributed by atoms with Crippen LogP contribution in [-0.4, -0.2) is 9.91 Å². The molecule has 0 aliphatic heterocycles. The summed E-state index contributed by atoms with van der Waals surface area (Å²) in [6.07, 6.45) is 1.19. The quantitative estimate of drug-likeness (QED) is 0.623. The normalized spacial score (nSPS) is 11.2. The molecule has 0 bridgehead atoms. The first-order chi connectivity index (χ1) is 9.38. The summed E-state index contributed by atoms with van der Waals surface area (Å²) in [4.78, 5) is 14.0. The van der Waals surface area contributed by atoms with Crippen molar-refractivity contribution in [2.45, 2.75) is 26.2 Å². The van der Waals surface area contributed by atoms with E-state index in [1.54, 1.807) is 0 Å². The van der Waals surface area contributed by atoms with Crippen LogP contribution in [0.25, 0.3) is 0 Å². The minimum Gasteiger partial charge on any atom is -0.439 e. The summed E-state index contributed by atoms with van der Waals surface area (Å²) < 4.78 is 5.74. The number of hydrogen-bond donors (Lipinski definition) is 0. The van der Waals surface area contributed by atoms with E-state index in [4.69, 9.17) is 4.74 Å². The highest BCUT2D eigenvalue weighted by Gasteiger charge is 2.19. The topological polar surface area (TPSA) is 65.3 Å². The molecule has 1 heterocycles. The maximum atomic E-state index is 10.6. The van der Waals surface area contributed by atoms with Crippen LogP contribution < -0.4 is 4.74 Å². The van der Waals surface area contributed by atoms with Crippen molar-refractivity contribution in [3.05, 3.63) is 58.3 Å². The van der Waals surface area contributed by atoms with Crippen molar-refractivity contribution in [1.82, 2.24) is 4.98 Å². The molecule has 5 heteroatoms. The maximum Gasteiger partial charge on any atom is 0.287 e. The van der Waals surface area contributed by atoms with Crippen molar-refractivity contribution in [3.8, 4) is 11.6 Å². The summed E-state index contributed by atoms with van der Waals surface area (Å²) in [6, 6.07) is 10.6. The van der Waals surface area contributed by atoms with Gasteiger partial charge in [-0.25, -0.2) is 4.98 Å². The molecule has 0 saturated heterocycles. The van der Waals surface area contributed by atoms with Crippen molar-refractivity contribution in [2.75, 3.05) is 0 Å². The van der Waals surface area contributed by atoms with Gasteiger partial charge >= 0.3 is 0 Å². The van der Waals surface area contributed by atoms with Gasteiger partial charge in [-0.1, -0.05) is 39.0 Å². The number of pyridine rings is 1. The summed E-state index contributed by atoms with van der Waals surface area (Å²) in [5, 5.41) is 10.6. The van der Waals surface area contributed by atoms with Crippen molar-refractivity contribution in [1.29, 1.82) is 0 Å². The summed E-state index contributed by atoms with van der Waals surface area (Å²) in [5.74, 6) is 1.05. The highest BCUT2D eigenvalue weighted by molar-refractivity contribution is 5.41. The number of hydrogen-bond acceptors (Lipinski definition) is 4. The largest absolute Gasteiger partial charge is 0.439 e. The highest BCUT2D eigenvalue weighted by atomic mass is 16.6. The molecular weight excluding hydrogens is 256 g/mol. The molecule has 2 aromatic rings. The minimum atomic E-state index is -0.486. The van der Waals surface area contributed by atoms with E-state index in [2.05, 4.69) is 25.8 Å². The van der Waals surface area contributed by atoms with Gasteiger partial charge < -0.3 is 4.74 Å². The Bertz CT molecular complexity index is 616. The first-order valence-corrected chi connectivity index (χ1v) is 6.26. The zero-order valence-corrected chi connectivity index (χ0v) is 11.7. The third kappa shape index (κ3) is 3.12. The summed E-state index contributed by atoms with van der Waals surface area (Å²) in [5.41, 5.74) is 0.943. The van der Waals surface area contributed by atoms with Crippen LogP contribution in [0.15, 0.2) is 42.6 Å². The molecule has 1 aromatic carbocycles. The molecule has 0 fully saturated rings. The van der Waals surface area contributed by atoms with Gasteiger partial charge in [0, 0.05) is 17.7 Å². The Morgan fingerprint density at radius 2 is 1.85 bits per heavy atom. The average molecular weight is 272 g/mol. The van der Waals surface area contributed by atoms with Crippen molar-refractivity contribution < 1.29 is 9.66 Å². The number of rotatable bonds is 3. The lowest BCUT2D eigenvalue weighted by atomic mass is 9.86. The number of para-hydroxylation sites is 1. The van der Waals surface area contributed by atoms with E-state index in [0.29, 0.717) is 11.6 Å². The minimum absolute atomic E-state index is 0.0542. The molecule has 104 valence electrons. The predicted octanol–water partition coefficient (Wildman–Crippen LogP) is 4.08. The van der Waals surface area contributed by atoms with Gasteiger partial charge in [0.1, 0.15) is 11.9 Å². The monoisotopic (exact) mass is 272 g/mol. The molecule has 0 radical (unpaired) electrons. The number of benzene rings is 1. The first kappa shape index (κ1) is 14.0. The molecule has 0 unspecified atom stereocenters. The second kappa shape index (κ2) is 5.28. The second-order valence-corrected chi connectivity index (χ2v) is 5.46.